The third-order valence-electron chi connectivity index (χ3n) is 4.31. The van der Waals surface area contributed by atoms with E-state index in [9.17, 15) is 9.79 Å². The molecule has 0 spiro atoms. The van der Waals surface area contributed by atoms with Crippen LogP contribution in [0.3, 0.4) is 0 Å². The van der Waals surface area contributed by atoms with Crippen LogP contribution in [0.1, 0.15) is 104 Å². The predicted molar refractivity (Wildman–Crippen MR) is 113 cm³/mol. The standard InChI is InChI=1S/C18H41O2PS2/c1-3-5-7-9-10-11-12-13-14-16-18-23(21(19,20)22)17-15-8-6-4-2/h19-20,22H,3-18H2,1-2H3. The predicted octanol–water partition coefficient (Wildman–Crippen LogP) is 6.70. The first kappa shape index (κ1) is 24.1. The highest BCUT2D eigenvalue weighted by molar-refractivity contribution is 8.65. The molecule has 0 fully saturated rings. The summed E-state index contributed by atoms with van der Waals surface area (Å²) >= 11 is 4.11. The molecule has 5 heteroatoms. The van der Waals surface area contributed by atoms with Crippen molar-refractivity contribution < 1.29 is 9.79 Å². The Kier molecular flexibility index (Phi) is 17.3. The lowest BCUT2D eigenvalue weighted by atomic mass is 10.1. The monoisotopic (exact) mass is 384 g/mol. The topological polar surface area (TPSA) is 40.5 Å². The number of rotatable bonds is 16. The van der Waals surface area contributed by atoms with Crippen LogP contribution in [-0.2, 0) is 10.1 Å². The van der Waals surface area contributed by atoms with E-state index in [0.29, 0.717) is 0 Å². The molecule has 0 rings (SSSR count). The van der Waals surface area contributed by atoms with Gasteiger partial charge in [0, 0.05) is 0 Å². The molecule has 1 unspecified atom stereocenters. The quantitative estimate of drug-likeness (QED) is 0.157. The fraction of sp³-hybridized carbons (Fsp3) is 1.00. The minimum absolute atomic E-state index is 0.271. The summed E-state index contributed by atoms with van der Waals surface area (Å²) in [4.78, 5) is 19.8. The summed E-state index contributed by atoms with van der Waals surface area (Å²) < 4.78 is 0. The lowest BCUT2D eigenvalue weighted by Gasteiger charge is -2.16. The molecule has 0 saturated heterocycles. The third-order valence-corrected chi connectivity index (χ3v) is 11.8. The van der Waals surface area contributed by atoms with Crippen molar-refractivity contribution in [3.63, 3.8) is 0 Å². The number of unbranched alkanes of at least 4 members (excludes halogenated alkanes) is 12. The first-order valence-corrected chi connectivity index (χ1v) is 14.8. The molecule has 0 aromatic heterocycles. The molecule has 0 radical (unpaired) electrons. The second-order valence-electron chi connectivity index (χ2n) is 6.63. The molecule has 2 N–H and O–H groups in total. The molecule has 0 saturated carbocycles. The van der Waals surface area contributed by atoms with Gasteiger partial charge in [-0.15, -0.1) is 10.1 Å². The van der Waals surface area contributed by atoms with Crippen molar-refractivity contribution >= 4 is 28.0 Å². The molecule has 0 bridgehead atoms. The van der Waals surface area contributed by atoms with Gasteiger partial charge < -0.3 is 9.79 Å². The first-order chi connectivity index (χ1) is 11.0. The molecule has 1 atom stereocenters. The van der Waals surface area contributed by atoms with Crippen molar-refractivity contribution in [3.05, 3.63) is 0 Å². The van der Waals surface area contributed by atoms with E-state index >= 15 is 0 Å². The smallest absolute Gasteiger partial charge is 0.198 e. The summed E-state index contributed by atoms with van der Waals surface area (Å²) in [5, 5.41) is 0. The molecule has 23 heavy (non-hydrogen) atoms. The van der Waals surface area contributed by atoms with Crippen molar-refractivity contribution in [2.75, 3.05) is 11.5 Å². The van der Waals surface area contributed by atoms with Crippen LogP contribution < -0.4 is 0 Å². The Balaban J connectivity index is 3.68. The van der Waals surface area contributed by atoms with Crippen molar-refractivity contribution in [1.82, 2.24) is 0 Å². The summed E-state index contributed by atoms with van der Waals surface area (Å²) in [6.07, 6.45) is 18.1. The van der Waals surface area contributed by atoms with E-state index in [1.807, 2.05) is 0 Å². The van der Waals surface area contributed by atoms with Crippen molar-refractivity contribution in [2.45, 2.75) is 104 Å². The summed E-state index contributed by atoms with van der Waals surface area (Å²) in [7, 11) is -0.271. The van der Waals surface area contributed by atoms with Crippen molar-refractivity contribution in [2.24, 2.45) is 0 Å². The molecule has 0 aliphatic carbocycles. The van der Waals surface area contributed by atoms with Crippen molar-refractivity contribution in [1.29, 1.82) is 0 Å². The minimum atomic E-state index is -2.93. The van der Waals surface area contributed by atoms with Gasteiger partial charge in [0.2, 0.25) is 0 Å². The zero-order chi connectivity index (χ0) is 17.4. The molecule has 2 nitrogen and oxygen atoms in total. The number of hydrogen-bond acceptors (Lipinski definition) is 0. The van der Waals surface area contributed by atoms with Gasteiger partial charge in [-0.1, -0.05) is 103 Å². The lowest BCUT2D eigenvalue weighted by molar-refractivity contribution is 0.502. The van der Waals surface area contributed by atoms with Crippen LogP contribution in [0.15, 0.2) is 0 Å². The van der Waals surface area contributed by atoms with E-state index in [2.05, 4.69) is 26.1 Å². The summed E-state index contributed by atoms with van der Waals surface area (Å²) in [5.74, 6) is 1.93. The van der Waals surface area contributed by atoms with Crippen LogP contribution in [-0.4, -0.2) is 21.3 Å². The second-order valence-corrected chi connectivity index (χ2v) is 15.0. The van der Waals surface area contributed by atoms with Crippen LogP contribution >= 0.6 is 17.9 Å². The maximum absolute atomic E-state index is 9.92. The fourth-order valence-electron chi connectivity index (χ4n) is 2.80. The van der Waals surface area contributed by atoms with E-state index < -0.39 is 5.69 Å². The van der Waals surface area contributed by atoms with Gasteiger partial charge in [0.25, 0.3) is 0 Å². The van der Waals surface area contributed by atoms with Crippen LogP contribution in [0.25, 0.3) is 0 Å². The maximum atomic E-state index is 9.92. The van der Waals surface area contributed by atoms with Crippen molar-refractivity contribution in [3.8, 4) is 0 Å². The number of thiol groups is 1. The largest absolute Gasteiger partial charge is 0.341 e. The van der Waals surface area contributed by atoms with Gasteiger partial charge in [-0.2, -0.15) is 0 Å². The Hall–Kier alpha value is 1.05. The van der Waals surface area contributed by atoms with Gasteiger partial charge >= 0.3 is 0 Å². The molecular formula is C18H41O2PS2. The van der Waals surface area contributed by atoms with Gasteiger partial charge in [-0.05, 0) is 24.3 Å². The van der Waals surface area contributed by atoms with Crippen LogP contribution in [0, 0.1) is 0 Å². The Labute approximate surface area is 153 Å². The molecule has 0 aromatic rings. The molecule has 0 aliphatic rings. The minimum Gasteiger partial charge on any atom is -0.341 e. The zero-order valence-corrected chi connectivity index (χ0v) is 18.1. The molecule has 0 aliphatic heterocycles. The van der Waals surface area contributed by atoms with E-state index in [-0.39, 0.29) is 10.1 Å². The molecular weight excluding hydrogens is 343 g/mol. The van der Waals surface area contributed by atoms with E-state index in [1.54, 1.807) is 0 Å². The highest BCUT2D eigenvalue weighted by atomic mass is 32.9. The fourth-order valence-corrected chi connectivity index (χ4v) is 8.28. The third kappa shape index (κ3) is 16.3. The zero-order valence-electron chi connectivity index (χ0n) is 15.5. The lowest BCUT2D eigenvalue weighted by Crippen LogP contribution is -2.04. The van der Waals surface area contributed by atoms with Gasteiger partial charge in [-0.25, -0.2) is 0 Å². The summed E-state index contributed by atoms with van der Waals surface area (Å²) in [5.41, 5.74) is -2.93. The van der Waals surface area contributed by atoms with Gasteiger partial charge in [0.1, 0.15) is 0 Å². The second kappa shape index (κ2) is 16.5. The van der Waals surface area contributed by atoms with E-state index in [4.69, 9.17) is 0 Å². The average molecular weight is 385 g/mol. The molecule has 142 valence electrons. The van der Waals surface area contributed by atoms with Crippen LogP contribution in [0.2, 0.25) is 0 Å². The van der Waals surface area contributed by atoms with Gasteiger partial charge in [0.15, 0.2) is 5.69 Å². The summed E-state index contributed by atoms with van der Waals surface area (Å²) in [6, 6.07) is 0. The summed E-state index contributed by atoms with van der Waals surface area (Å²) in [6.45, 7) is 4.47. The molecule has 0 aromatic carbocycles. The highest BCUT2D eigenvalue weighted by Crippen LogP contribution is 2.47. The Bertz CT molecular complexity index is 308. The van der Waals surface area contributed by atoms with E-state index in [0.717, 1.165) is 24.3 Å². The van der Waals surface area contributed by atoms with Gasteiger partial charge in [-0.3, -0.25) is 0 Å². The highest BCUT2D eigenvalue weighted by Gasteiger charge is 2.10. The molecule has 0 amide bonds. The Morgan fingerprint density at radius 1 is 0.609 bits per heavy atom. The van der Waals surface area contributed by atoms with Crippen LogP contribution in [0.4, 0.5) is 0 Å². The van der Waals surface area contributed by atoms with E-state index in [1.165, 1.54) is 77.0 Å². The normalized spacial score (nSPS) is 13.4. The molecule has 0 heterocycles. The Morgan fingerprint density at radius 3 is 1.26 bits per heavy atom. The number of hydrogen-bond donors (Lipinski definition) is 3. The van der Waals surface area contributed by atoms with Crippen LogP contribution in [0.5, 0.6) is 0 Å². The maximum Gasteiger partial charge on any atom is 0.198 e. The SMILES string of the molecule is CCCCCCCCCCCCS(CCCCCC)=P(O)(O)S. The van der Waals surface area contributed by atoms with Gasteiger partial charge in [0.05, 0.1) is 0 Å². The average Bonchev–Trinajstić information content (AvgIpc) is 2.50. The first-order valence-electron chi connectivity index (χ1n) is 9.77. The Morgan fingerprint density at radius 2 is 0.913 bits per heavy atom.